The Hall–Kier alpha value is -1.29. The maximum Gasteiger partial charge on any atom is 0.151 e. The van der Waals surface area contributed by atoms with Crippen LogP contribution in [0.25, 0.3) is 0 Å². The van der Waals surface area contributed by atoms with E-state index in [1.54, 1.807) is 0 Å². The van der Waals surface area contributed by atoms with E-state index >= 15 is 0 Å². The summed E-state index contributed by atoms with van der Waals surface area (Å²) in [5.41, 5.74) is 6.73. The number of anilines is 2. The fraction of sp³-hybridized carbons (Fsp3) is 0.583. The maximum absolute atomic E-state index is 5.94. The van der Waals surface area contributed by atoms with Crippen molar-refractivity contribution in [2.75, 3.05) is 36.8 Å². The Balaban J connectivity index is 1.67. The third-order valence-electron chi connectivity index (χ3n) is 3.49. The van der Waals surface area contributed by atoms with Crippen molar-refractivity contribution >= 4 is 11.5 Å². The monoisotopic (exact) mass is 218 g/mol. The van der Waals surface area contributed by atoms with E-state index in [1.165, 1.54) is 12.8 Å². The summed E-state index contributed by atoms with van der Waals surface area (Å²) in [6, 6.07) is 4.69. The van der Waals surface area contributed by atoms with Crippen LogP contribution in [0.2, 0.25) is 0 Å². The molecule has 3 rings (SSSR count). The molecule has 1 aromatic heterocycles. The summed E-state index contributed by atoms with van der Waals surface area (Å²) in [5.74, 6) is 0.956. The van der Waals surface area contributed by atoms with Crippen LogP contribution < -0.4 is 10.6 Å². The SMILES string of the molecule is Nc1cccnc1N1CCN(C2CC2)CC1. The van der Waals surface area contributed by atoms with E-state index in [1.807, 2.05) is 18.3 Å². The smallest absolute Gasteiger partial charge is 0.151 e. The molecule has 1 aliphatic heterocycles. The van der Waals surface area contributed by atoms with Crippen LogP contribution in [0.15, 0.2) is 18.3 Å². The second-order valence-electron chi connectivity index (χ2n) is 4.67. The highest BCUT2D eigenvalue weighted by Gasteiger charge is 2.31. The first-order chi connectivity index (χ1) is 7.84. The number of nitrogens with two attached hydrogens (primary N) is 1. The van der Waals surface area contributed by atoms with E-state index in [0.717, 1.165) is 43.7 Å². The first-order valence-electron chi connectivity index (χ1n) is 6.04. The Bertz CT molecular complexity index is 367. The van der Waals surface area contributed by atoms with E-state index in [2.05, 4.69) is 14.8 Å². The highest BCUT2D eigenvalue weighted by molar-refractivity contribution is 5.62. The molecule has 1 saturated carbocycles. The van der Waals surface area contributed by atoms with E-state index < -0.39 is 0 Å². The van der Waals surface area contributed by atoms with Gasteiger partial charge >= 0.3 is 0 Å². The molecule has 1 saturated heterocycles. The van der Waals surface area contributed by atoms with Crippen LogP contribution in [0.5, 0.6) is 0 Å². The van der Waals surface area contributed by atoms with Gasteiger partial charge in [-0.2, -0.15) is 0 Å². The first-order valence-corrected chi connectivity index (χ1v) is 6.04. The second-order valence-corrected chi connectivity index (χ2v) is 4.67. The molecule has 4 heteroatoms. The largest absolute Gasteiger partial charge is 0.396 e. The van der Waals surface area contributed by atoms with Crippen molar-refractivity contribution in [2.24, 2.45) is 0 Å². The van der Waals surface area contributed by atoms with E-state index in [0.29, 0.717) is 0 Å². The van der Waals surface area contributed by atoms with Crippen molar-refractivity contribution in [1.29, 1.82) is 0 Å². The summed E-state index contributed by atoms with van der Waals surface area (Å²) in [7, 11) is 0. The van der Waals surface area contributed by atoms with E-state index in [4.69, 9.17) is 5.73 Å². The number of nitrogens with zero attached hydrogens (tertiary/aromatic N) is 3. The minimum Gasteiger partial charge on any atom is -0.396 e. The van der Waals surface area contributed by atoms with Gasteiger partial charge in [0.2, 0.25) is 0 Å². The number of rotatable bonds is 2. The molecule has 2 fully saturated rings. The number of nitrogen functional groups attached to an aromatic ring is 1. The molecule has 16 heavy (non-hydrogen) atoms. The Morgan fingerprint density at radius 3 is 2.56 bits per heavy atom. The molecule has 0 aromatic carbocycles. The summed E-state index contributed by atoms with van der Waals surface area (Å²) in [6.07, 6.45) is 4.61. The van der Waals surface area contributed by atoms with Crippen molar-refractivity contribution in [3.63, 3.8) is 0 Å². The number of hydrogen-bond donors (Lipinski definition) is 1. The van der Waals surface area contributed by atoms with Gasteiger partial charge in [-0.3, -0.25) is 4.90 Å². The molecular formula is C12H18N4. The molecule has 4 nitrogen and oxygen atoms in total. The quantitative estimate of drug-likeness (QED) is 0.802. The van der Waals surface area contributed by atoms with Gasteiger partial charge in [-0.15, -0.1) is 0 Å². The molecule has 0 radical (unpaired) electrons. The molecule has 2 aliphatic rings. The van der Waals surface area contributed by atoms with Crippen molar-refractivity contribution in [3.05, 3.63) is 18.3 Å². The predicted molar refractivity (Wildman–Crippen MR) is 65.5 cm³/mol. The highest BCUT2D eigenvalue weighted by Crippen LogP contribution is 2.29. The minimum absolute atomic E-state index is 0.794. The fourth-order valence-electron chi connectivity index (χ4n) is 2.41. The topological polar surface area (TPSA) is 45.4 Å². The van der Waals surface area contributed by atoms with Gasteiger partial charge in [0.05, 0.1) is 5.69 Å². The molecule has 0 spiro atoms. The summed E-state index contributed by atoms with van der Waals surface area (Å²) in [6.45, 7) is 4.41. The standard InChI is InChI=1S/C12H18N4/c13-11-2-1-5-14-12(11)16-8-6-15(7-9-16)10-3-4-10/h1-2,5,10H,3-4,6-9,13H2. The normalized spacial score (nSPS) is 22.4. The third kappa shape index (κ3) is 1.85. The van der Waals surface area contributed by atoms with Crippen molar-refractivity contribution < 1.29 is 0 Å². The first kappa shape index (κ1) is 9.90. The minimum atomic E-state index is 0.794. The van der Waals surface area contributed by atoms with E-state index in [9.17, 15) is 0 Å². The average Bonchev–Trinajstić information content (AvgIpc) is 3.14. The average molecular weight is 218 g/mol. The van der Waals surface area contributed by atoms with E-state index in [-0.39, 0.29) is 0 Å². The lowest BCUT2D eigenvalue weighted by Gasteiger charge is -2.35. The number of hydrogen-bond acceptors (Lipinski definition) is 4. The van der Waals surface area contributed by atoms with Crippen LogP contribution in [0, 0.1) is 0 Å². The lowest BCUT2D eigenvalue weighted by atomic mass is 10.3. The summed E-state index contributed by atoms with van der Waals surface area (Å²) >= 11 is 0. The molecule has 0 bridgehead atoms. The van der Waals surface area contributed by atoms with Crippen LogP contribution in [-0.2, 0) is 0 Å². The number of pyridine rings is 1. The van der Waals surface area contributed by atoms with Gasteiger partial charge < -0.3 is 10.6 Å². The van der Waals surface area contributed by atoms with Crippen LogP contribution >= 0.6 is 0 Å². The van der Waals surface area contributed by atoms with Gasteiger partial charge in [0.15, 0.2) is 5.82 Å². The zero-order chi connectivity index (χ0) is 11.0. The van der Waals surface area contributed by atoms with Crippen LogP contribution in [-0.4, -0.2) is 42.1 Å². The summed E-state index contributed by atoms with van der Waals surface area (Å²) < 4.78 is 0. The summed E-state index contributed by atoms with van der Waals surface area (Å²) in [5, 5.41) is 0. The predicted octanol–water partition coefficient (Wildman–Crippen LogP) is 0.948. The third-order valence-corrected chi connectivity index (χ3v) is 3.49. The maximum atomic E-state index is 5.94. The molecular weight excluding hydrogens is 200 g/mol. The molecule has 86 valence electrons. The van der Waals surface area contributed by atoms with Gasteiger partial charge in [-0.05, 0) is 25.0 Å². The molecule has 2 N–H and O–H groups in total. The molecule has 0 amide bonds. The highest BCUT2D eigenvalue weighted by atomic mass is 15.3. The van der Waals surface area contributed by atoms with Crippen LogP contribution in [0.4, 0.5) is 11.5 Å². The van der Waals surface area contributed by atoms with Gasteiger partial charge in [-0.25, -0.2) is 4.98 Å². The number of piperazine rings is 1. The Morgan fingerprint density at radius 1 is 1.19 bits per heavy atom. The lowest BCUT2D eigenvalue weighted by molar-refractivity contribution is 0.247. The fourth-order valence-corrected chi connectivity index (χ4v) is 2.41. The zero-order valence-corrected chi connectivity index (χ0v) is 9.47. The molecule has 0 atom stereocenters. The Labute approximate surface area is 96.1 Å². The molecule has 0 unspecified atom stereocenters. The second kappa shape index (κ2) is 3.94. The molecule has 2 heterocycles. The van der Waals surface area contributed by atoms with Gasteiger partial charge in [0.1, 0.15) is 0 Å². The number of aromatic nitrogens is 1. The zero-order valence-electron chi connectivity index (χ0n) is 9.47. The molecule has 1 aromatic rings. The van der Waals surface area contributed by atoms with Crippen LogP contribution in [0.3, 0.4) is 0 Å². The Kier molecular flexibility index (Phi) is 2.44. The lowest BCUT2D eigenvalue weighted by Crippen LogP contribution is -2.47. The van der Waals surface area contributed by atoms with Gasteiger partial charge in [-0.1, -0.05) is 0 Å². The molecule has 1 aliphatic carbocycles. The van der Waals surface area contributed by atoms with Gasteiger partial charge in [0.25, 0.3) is 0 Å². The van der Waals surface area contributed by atoms with Crippen molar-refractivity contribution in [1.82, 2.24) is 9.88 Å². The van der Waals surface area contributed by atoms with Gasteiger partial charge in [0, 0.05) is 38.4 Å². The van der Waals surface area contributed by atoms with Crippen molar-refractivity contribution in [2.45, 2.75) is 18.9 Å². The summed E-state index contributed by atoms with van der Waals surface area (Å²) in [4.78, 5) is 9.26. The Morgan fingerprint density at radius 2 is 1.94 bits per heavy atom. The van der Waals surface area contributed by atoms with Crippen molar-refractivity contribution in [3.8, 4) is 0 Å². The van der Waals surface area contributed by atoms with Crippen LogP contribution in [0.1, 0.15) is 12.8 Å².